The summed E-state index contributed by atoms with van der Waals surface area (Å²) in [6.45, 7) is 3.17. The molecule has 21 heavy (non-hydrogen) atoms. The lowest BCUT2D eigenvalue weighted by Crippen LogP contribution is -2.59. The van der Waals surface area contributed by atoms with Crippen LogP contribution in [0, 0.1) is 23.2 Å². The van der Waals surface area contributed by atoms with Gasteiger partial charge in [0, 0.05) is 12.8 Å². The summed E-state index contributed by atoms with van der Waals surface area (Å²) >= 11 is 0. The van der Waals surface area contributed by atoms with Crippen molar-refractivity contribution in [2.75, 3.05) is 0 Å². The Morgan fingerprint density at radius 3 is 2.19 bits per heavy atom. The zero-order chi connectivity index (χ0) is 15.9. The Balaban J connectivity index is 3.07. The predicted octanol–water partition coefficient (Wildman–Crippen LogP) is 2.86. The smallest absolute Gasteiger partial charge is 0.344 e. The first-order valence-electron chi connectivity index (χ1n) is 7.91. The maximum Gasteiger partial charge on any atom is 0.344 e. The van der Waals surface area contributed by atoms with Crippen LogP contribution in [0.2, 0.25) is 0 Å². The van der Waals surface area contributed by atoms with E-state index in [1.165, 1.54) is 26.2 Å². The molecule has 0 aromatic heterocycles. The molecular formula is C16H26N2O3. The molecule has 5 heteroatoms. The average molecular weight is 294 g/mol. The van der Waals surface area contributed by atoms with E-state index in [1.807, 2.05) is 13.0 Å². The van der Waals surface area contributed by atoms with Crippen molar-refractivity contribution >= 4 is 11.9 Å². The van der Waals surface area contributed by atoms with Gasteiger partial charge in [-0.05, 0) is 12.3 Å². The van der Waals surface area contributed by atoms with E-state index in [9.17, 15) is 20.0 Å². The predicted molar refractivity (Wildman–Crippen MR) is 79.4 cm³/mol. The number of nitrogens with zero attached hydrogens (tertiary/aromatic N) is 1. The molecule has 2 N–H and O–H groups in total. The van der Waals surface area contributed by atoms with Crippen LogP contribution >= 0.6 is 0 Å². The monoisotopic (exact) mass is 294 g/mol. The summed E-state index contributed by atoms with van der Waals surface area (Å²) in [7, 11) is 0. The van der Waals surface area contributed by atoms with Gasteiger partial charge >= 0.3 is 5.97 Å². The number of hydrogen-bond donors (Lipinski definition) is 2. The van der Waals surface area contributed by atoms with Gasteiger partial charge in [-0.3, -0.25) is 4.79 Å². The van der Waals surface area contributed by atoms with Gasteiger partial charge in [0.15, 0.2) is 0 Å². The second-order valence-electron chi connectivity index (χ2n) is 6.03. The molecule has 0 bridgehead atoms. The highest BCUT2D eigenvalue weighted by Crippen LogP contribution is 2.36. The zero-order valence-electron chi connectivity index (χ0n) is 13.0. The molecule has 0 aromatic carbocycles. The fourth-order valence-electron chi connectivity index (χ4n) is 3.62. The van der Waals surface area contributed by atoms with Crippen molar-refractivity contribution in [1.82, 2.24) is 5.32 Å². The summed E-state index contributed by atoms with van der Waals surface area (Å²) in [4.78, 5) is 23.2. The van der Waals surface area contributed by atoms with Gasteiger partial charge in [0.1, 0.15) is 6.07 Å². The summed E-state index contributed by atoms with van der Waals surface area (Å²) in [6, 6.07) is 1.90. The van der Waals surface area contributed by atoms with Crippen LogP contribution in [0.1, 0.15) is 65.2 Å². The average Bonchev–Trinajstić information content (AvgIpc) is 2.39. The maximum absolute atomic E-state index is 11.7. The summed E-state index contributed by atoms with van der Waals surface area (Å²) in [5.41, 5.74) is -1.80. The number of carbonyl (C=O) groups excluding carboxylic acids is 1. The molecule has 5 nitrogen and oxygen atoms in total. The second kappa shape index (κ2) is 8.02. The molecule has 0 aliphatic heterocycles. The highest BCUT2D eigenvalue weighted by atomic mass is 16.4. The molecule has 1 rings (SSSR count). The minimum atomic E-state index is -1.80. The third kappa shape index (κ3) is 4.20. The molecule has 1 aliphatic rings. The van der Waals surface area contributed by atoms with Crippen LogP contribution in [0.5, 0.6) is 0 Å². The van der Waals surface area contributed by atoms with Gasteiger partial charge in [0.05, 0.1) is 0 Å². The molecule has 1 saturated carbocycles. The van der Waals surface area contributed by atoms with E-state index in [-0.39, 0.29) is 11.8 Å². The lowest BCUT2D eigenvalue weighted by molar-refractivity contribution is -0.148. The van der Waals surface area contributed by atoms with Gasteiger partial charge in [0.25, 0.3) is 0 Å². The second-order valence-corrected chi connectivity index (χ2v) is 6.03. The van der Waals surface area contributed by atoms with Gasteiger partial charge in [-0.15, -0.1) is 0 Å². The minimum Gasteiger partial charge on any atom is -0.479 e. The number of amides is 1. The van der Waals surface area contributed by atoms with Gasteiger partial charge in [-0.2, -0.15) is 5.26 Å². The van der Waals surface area contributed by atoms with Crippen molar-refractivity contribution in [1.29, 1.82) is 5.26 Å². The Morgan fingerprint density at radius 2 is 1.81 bits per heavy atom. The SMILES string of the molecule is CCC(C1CCCCCCC1)C(C#N)(NC(C)=O)C(=O)O. The number of hydrogen-bond acceptors (Lipinski definition) is 3. The van der Waals surface area contributed by atoms with Crippen molar-refractivity contribution in [3.05, 3.63) is 0 Å². The van der Waals surface area contributed by atoms with Crippen LogP contribution in [0.3, 0.4) is 0 Å². The molecule has 0 saturated heterocycles. The molecule has 0 radical (unpaired) electrons. The van der Waals surface area contributed by atoms with Gasteiger partial charge in [0.2, 0.25) is 11.4 Å². The van der Waals surface area contributed by atoms with Crippen LogP contribution in [-0.2, 0) is 9.59 Å². The molecule has 0 heterocycles. The topological polar surface area (TPSA) is 90.2 Å². The highest BCUT2D eigenvalue weighted by molar-refractivity contribution is 5.89. The van der Waals surface area contributed by atoms with Crippen LogP contribution in [-0.4, -0.2) is 22.5 Å². The van der Waals surface area contributed by atoms with E-state index < -0.39 is 17.4 Å². The first kappa shape index (κ1) is 17.5. The van der Waals surface area contributed by atoms with E-state index in [4.69, 9.17) is 0 Å². The Kier molecular flexibility index (Phi) is 6.67. The Morgan fingerprint density at radius 1 is 1.29 bits per heavy atom. The molecule has 1 fully saturated rings. The van der Waals surface area contributed by atoms with Crippen molar-refractivity contribution in [2.45, 2.75) is 70.8 Å². The van der Waals surface area contributed by atoms with E-state index >= 15 is 0 Å². The van der Waals surface area contributed by atoms with Crippen molar-refractivity contribution in [2.24, 2.45) is 11.8 Å². The Hall–Kier alpha value is -1.57. The number of carboxylic acid groups (broad SMARTS) is 1. The number of nitrogens with one attached hydrogen (secondary N) is 1. The van der Waals surface area contributed by atoms with Gasteiger partial charge in [-0.25, -0.2) is 4.79 Å². The summed E-state index contributed by atoms with van der Waals surface area (Å²) < 4.78 is 0. The molecule has 2 atom stereocenters. The largest absolute Gasteiger partial charge is 0.479 e. The third-order valence-corrected chi connectivity index (χ3v) is 4.60. The first-order chi connectivity index (χ1) is 9.97. The van der Waals surface area contributed by atoms with Crippen molar-refractivity contribution < 1.29 is 14.7 Å². The van der Waals surface area contributed by atoms with Crippen LogP contribution < -0.4 is 5.32 Å². The van der Waals surface area contributed by atoms with Gasteiger partial charge < -0.3 is 10.4 Å². The van der Waals surface area contributed by atoms with Crippen molar-refractivity contribution in [3.8, 4) is 6.07 Å². The Bertz CT molecular complexity index is 408. The number of aliphatic carboxylic acids is 1. The van der Waals surface area contributed by atoms with Crippen LogP contribution in [0.15, 0.2) is 0 Å². The van der Waals surface area contributed by atoms with Crippen LogP contribution in [0.4, 0.5) is 0 Å². The quantitative estimate of drug-likeness (QED) is 0.815. The summed E-state index contributed by atoms with van der Waals surface area (Å²) in [6.07, 6.45) is 8.16. The fraction of sp³-hybridized carbons (Fsp3) is 0.812. The lowest BCUT2D eigenvalue weighted by atomic mass is 9.70. The summed E-state index contributed by atoms with van der Waals surface area (Å²) in [5, 5.41) is 21.5. The van der Waals surface area contributed by atoms with E-state index in [2.05, 4.69) is 5.32 Å². The van der Waals surface area contributed by atoms with Crippen molar-refractivity contribution in [3.63, 3.8) is 0 Å². The molecule has 118 valence electrons. The number of carboxylic acids is 1. The zero-order valence-corrected chi connectivity index (χ0v) is 13.0. The molecule has 0 spiro atoms. The summed E-state index contributed by atoms with van der Waals surface area (Å²) in [5.74, 6) is -1.88. The van der Waals surface area contributed by atoms with Crippen LogP contribution in [0.25, 0.3) is 0 Å². The molecule has 2 unspecified atom stereocenters. The molecule has 0 aromatic rings. The van der Waals surface area contributed by atoms with E-state index in [0.29, 0.717) is 6.42 Å². The molecule has 1 amide bonds. The maximum atomic E-state index is 11.7. The lowest BCUT2D eigenvalue weighted by Gasteiger charge is -2.37. The third-order valence-electron chi connectivity index (χ3n) is 4.60. The fourth-order valence-corrected chi connectivity index (χ4v) is 3.62. The van der Waals surface area contributed by atoms with E-state index in [0.717, 1.165) is 25.7 Å². The standard InChI is InChI=1S/C16H26N2O3/c1-3-14(13-9-7-5-4-6-8-10-13)16(11-17,15(20)21)18-12(2)19/h13-14H,3-10H2,1-2H3,(H,18,19)(H,20,21). The molecule has 1 aliphatic carbocycles. The molecular weight excluding hydrogens is 268 g/mol. The first-order valence-corrected chi connectivity index (χ1v) is 7.91. The minimum absolute atomic E-state index is 0.179. The number of nitriles is 1. The number of rotatable bonds is 5. The highest BCUT2D eigenvalue weighted by Gasteiger charge is 2.49. The van der Waals surface area contributed by atoms with Gasteiger partial charge in [-0.1, -0.05) is 51.9 Å². The normalized spacial score (nSPS) is 21.2. The van der Waals surface area contributed by atoms with E-state index in [1.54, 1.807) is 0 Å². The number of carbonyl (C=O) groups is 2. The Labute approximate surface area is 126 Å².